The Morgan fingerprint density at radius 1 is 1.32 bits per heavy atom. The highest BCUT2D eigenvalue weighted by Crippen LogP contribution is 2.46. The van der Waals surface area contributed by atoms with Gasteiger partial charge in [-0.15, -0.1) is 0 Å². The fourth-order valence-corrected chi connectivity index (χ4v) is 3.81. The highest BCUT2D eigenvalue weighted by molar-refractivity contribution is 8.00. The standard InChI is InChI=1S/C13H19NO3S2/c1-18-13(7-8-13)10-14-19(16,17)12-4-2-11(3-5-12)6-9-15/h2-5,14-15H,6-10H2,1H3. The zero-order valence-corrected chi connectivity index (χ0v) is 12.6. The lowest BCUT2D eigenvalue weighted by molar-refractivity contribution is 0.299. The maximum Gasteiger partial charge on any atom is 0.240 e. The van der Waals surface area contributed by atoms with Gasteiger partial charge in [0.05, 0.1) is 4.90 Å². The van der Waals surface area contributed by atoms with Gasteiger partial charge in [0.2, 0.25) is 10.0 Å². The zero-order valence-electron chi connectivity index (χ0n) is 10.9. The first-order chi connectivity index (χ1) is 9.01. The SMILES string of the molecule is CSC1(CNS(=O)(=O)c2ccc(CCO)cc2)CC1. The van der Waals surface area contributed by atoms with Crippen LogP contribution in [0, 0.1) is 0 Å². The first-order valence-corrected chi connectivity index (χ1v) is 8.97. The molecule has 1 aliphatic rings. The molecule has 4 nitrogen and oxygen atoms in total. The van der Waals surface area contributed by atoms with Gasteiger partial charge in [-0.05, 0) is 43.2 Å². The minimum Gasteiger partial charge on any atom is -0.396 e. The summed E-state index contributed by atoms with van der Waals surface area (Å²) >= 11 is 1.73. The second-order valence-electron chi connectivity index (χ2n) is 4.83. The summed E-state index contributed by atoms with van der Waals surface area (Å²) in [5.41, 5.74) is 0.934. The maximum absolute atomic E-state index is 12.1. The molecule has 0 amide bonds. The van der Waals surface area contributed by atoms with Crippen LogP contribution in [0.1, 0.15) is 18.4 Å². The molecule has 6 heteroatoms. The van der Waals surface area contributed by atoms with E-state index in [1.807, 2.05) is 6.26 Å². The summed E-state index contributed by atoms with van der Waals surface area (Å²) in [6.07, 6.45) is 4.71. The first kappa shape index (κ1) is 14.8. The monoisotopic (exact) mass is 301 g/mol. The molecule has 0 heterocycles. The van der Waals surface area contributed by atoms with Crippen molar-refractivity contribution in [2.24, 2.45) is 0 Å². The Hall–Kier alpha value is -0.560. The Morgan fingerprint density at radius 2 is 1.95 bits per heavy atom. The van der Waals surface area contributed by atoms with Gasteiger partial charge in [-0.3, -0.25) is 0 Å². The second kappa shape index (κ2) is 5.83. The topological polar surface area (TPSA) is 66.4 Å². The molecule has 0 radical (unpaired) electrons. The molecule has 1 saturated carbocycles. The summed E-state index contributed by atoms with van der Waals surface area (Å²) in [4.78, 5) is 0.283. The van der Waals surface area contributed by atoms with E-state index < -0.39 is 10.0 Å². The van der Waals surface area contributed by atoms with Crippen LogP contribution < -0.4 is 4.72 Å². The van der Waals surface area contributed by atoms with Gasteiger partial charge in [0.15, 0.2) is 0 Å². The van der Waals surface area contributed by atoms with Crippen LogP contribution in [0.4, 0.5) is 0 Å². The highest BCUT2D eigenvalue weighted by Gasteiger charge is 2.42. The van der Waals surface area contributed by atoms with Crippen molar-refractivity contribution >= 4 is 21.8 Å². The average Bonchev–Trinajstić information content (AvgIpc) is 3.18. The fraction of sp³-hybridized carbons (Fsp3) is 0.538. The van der Waals surface area contributed by atoms with Crippen LogP contribution in [0.3, 0.4) is 0 Å². The number of hydrogen-bond donors (Lipinski definition) is 2. The molecule has 1 fully saturated rings. The molecule has 0 spiro atoms. The number of hydrogen-bond acceptors (Lipinski definition) is 4. The normalized spacial score (nSPS) is 17.4. The van der Waals surface area contributed by atoms with Gasteiger partial charge in [-0.2, -0.15) is 11.8 Å². The number of rotatable bonds is 7. The summed E-state index contributed by atoms with van der Waals surface area (Å²) in [6, 6.07) is 6.66. The lowest BCUT2D eigenvalue weighted by Crippen LogP contribution is -2.31. The number of sulfonamides is 1. The third kappa shape index (κ3) is 3.72. The van der Waals surface area contributed by atoms with Gasteiger partial charge in [0.25, 0.3) is 0 Å². The van der Waals surface area contributed by atoms with Gasteiger partial charge < -0.3 is 5.11 Å². The molecule has 0 atom stereocenters. The Kier molecular flexibility index (Phi) is 4.55. The number of benzene rings is 1. The van der Waals surface area contributed by atoms with Crippen molar-refractivity contribution in [3.05, 3.63) is 29.8 Å². The molecule has 0 unspecified atom stereocenters. The van der Waals surface area contributed by atoms with Crippen molar-refractivity contribution in [3.8, 4) is 0 Å². The van der Waals surface area contributed by atoms with Gasteiger partial charge >= 0.3 is 0 Å². The largest absolute Gasteiger partial charge is 0.396 e. The molecule has 0 aliphatic heterocycles. The number of aliphatic hydroxyl groups is 1. The average molecular weight is 301 g/mol. The third-order valence-corrected chi connectivity index (χ3v) is 6.29. The minimum atomic E-state index is -3.42. The van der Waals surface area contributed by atoms with Gasteiger partial charge in [-0.25, -0.2) is 13.1 Å². The molecule has 2 rings (SSSR count). The second-order valence-corrected chi connectivity index (χ2v) is 7.87. The summed E-state index contributed by atoms with van der Waals surface area (Å²) in [5, 5.41) is 8.82. The number of aliphatic hydroxyl groups excluding tert-OH is 1. The lowest BCUT2D eigenvalue weighted by Gasteiger charge is -2.13. The van der Waals surface area contributed by atoms with Crippen molar-refractivity contribution in [2.45, 2.75) is 28.9 Å². The van der Waals surface area contributed by atoms with Crippen LogP contribution >= 0.6 is 11.8 Å². The fourth-order valence-electron chi connectivity index (χ4n) is 1.87. The van der Waals surface area contributed by atoms with E-state index >= 15 is 0 Å². The molecular formula is C13H19NO3S2. The van der Waals surface area contributed by atoms with Gasteiger partial charge in [0, 0.05) is 17.9 Å². The zero-order chi connectivity index (χ0) is 13.9. The maximum atomic E-state index is 12.1. The summed E-state index contributed by atoms with van der Waals surface area (Å²) in [7, 11) is -3.42. The molecular weight excluding hydrogens is 282 g/mol. The molecule has 0 saturated heterocycles. The summed E-state index contributed by atoms with van der Waals surface area (Å²) in [5.74, 6) is 0. The first-order valence-electron chi connectivity index (χ1n) is 6.26. The van der Waals surface area contributed by atoms with Gasteiger partial charge in [-0.1, -0.05) is 12.1 Å². The quantitative estimate of drug-likeness (QED) is 0.799. The molecule has 1 aromatic carbocycles. The van der Waals surface area contributed by atoms with E-state index in [0.29, 0.717) is 13.0 Å². The van der Waals surface area contributed by atoms with Crippen LogP contribution in [-0.4, -0.2) is 37.7 Å². The van der Waals surface area contributed by atoms with Crippen LogP contribution in [0.2, 0.25) is 0 Å². The Labute approximate surface area is 118 Å². The van der Waals surface area contributed by atoms with Crippen LogP contribution in [0.15, 0.2) is 29.2 Å². The van der Waals surface area contributed by atoms with E-state index in [0.717, 1.165) is 18.4 Å². The van der Waals surface area contributed by atoms with Crippen molar-refractivity contribution in [2.75, 3.05) is 19.4 Å². The molecule has 2 N–H and O–H groups in total. The van der Waals surface area contributed by atoms with E-state index in [1.54, 1.807) is 36.0 Å². The molecule has 1 aliphatic carbocycles. The highest BCUT2D eigenvalue weighted by atomic mass is 32.2. The van der Waals surface area contributed by atoms with E-state index in [9.17, 15) is 8.42 Å². The van der Waals surface area contributed by atoms with E-state index in [1.165, 1.54) is 0 Å². The third-order valence-electron chi connectivity index (χ3n) is 3.46. The minimum absolute atomic E-state index is 0.0700. The number of thioether (sulfide) groups is 1. The Bertz CT molecular complexity index is 521. The predicted octanol–water partition coefficient (Wildman–Crippen LogP) is 1.40. The summed E-state index contributed by atoms with van der Waals surface area (Å²) in [6.45, 7) is 0.565. The summed E-state index contributed by atoms with van der Waals surface area (Å²) < 4.78 is 27.0. The molecule has 1 aromatic rings. The van der Waals surface area contributed by atoms with Crippen molar-refractivity contribution in [3.63, 3.8) is 0 Å². The molecule has 0 aromatic heterocycles. The molecule has 19 heavy (non-hydrogen) atoms. The van der Waals surface area contributed by atoms with Crippen molar-refractivity contribution in [1.82, 2.24) is 4.72 Å². The molecule has 106 valence electrons. The van der Waals surface area contributed by atoms with Crippen LogP contribution in [0.5, 0.6) is 0 Å². The van der Waals surface area contributed by atoms with Crippen molar-refractivity contribution in [1.29, 1.82) is 0 Å². The van der Waals surface area contributed by atoms with Gasteiger partial charge in [0.1, 0.15) is 0 Å². The van der Waals surface area contributed by atoms with Crippen molar-refractivity contribution < 1.29 is 13.5 Å². The number of nitrogens with one attached hydrogen (secondary N) is 1. The Balaban J connectivity index is 2.02. The van der Waals surface area contributed by atoms with E-state index in [2.05, 4.69) is 4.72 Å². The predicted molar refractivity (Wildman–Crippen MR) is 77.9 cm³/mol. The van der Waals surface area contributed by atoms with E-state index in [4.69, 9.17) is 5.11 Å². The Morgan fingerprint density at radius 3 is 2.42 bits per heavy atom. The lowest BCUT2D eigenvalue weighted by atomic mass is 10.2. The van der Waals surface area contributed by atoms with Crippen LogP contribution in [-0.2, 0) is 16.4 Å². The van der Waals surface area contributed by atoms with E-state index in [-0.39, 0.29) is 16.2 Å². The molecule has 0 bridgehead atoms. The van der Waals surface area contributed by atoms with Crippen LogP contribution in [0.25, 0.3) is 0 Å². The smallest absolute Gasteiger partial charge is 0.240 e.